The molecule has 1 N–H and O–H groups in total. The summed E-state index contributed by atoms with van der Waals surface area (Å²) in [5.41, 5.74) is 6.22. The first kappa shape index (κ1) is 17.9. The molecule has 0 amide bonds. The Morgan fingerprint density at radius 2 is 1.41 bits per heavy atom. The van der Waals surface area contributed by atoms with E-state index in [0.29, 0.717) is 9.66 Å². The Bertz CT molecular complexity index is 1350. The van der Waals surface area contributed by atoms with Gasteiger partial charge < -0.3 is 4.98 Å². The van der Waals surface area contributed by atoms with Crippen molar-refractivity contribution in [3.63, 3.8) is 0 Å². The van der Waals surface area contributed by atoms with Gasteiger partial charge in [0.1, 0.15) is 10.3 Å². The summed E-state index contributed by atoms with van der Waals surface area (Å²) in [7, 11) is 0. The van der Waals surface area contributed by atoms with Crippen LogP contribution in [0.4, 0.5) is 0 Å². The molecule has 5 heteroatoms. The predicted octanol–water partition coefficient (Wildman–Crippen LogP) is 7.07. The number of hydrogen-bond acceptors (Lipinski definition) is 2. The molecular formula is C24H16ClN3S. The zero-order chi connectivity index (χ0) is 19.8. The van der Waals surface area contributed by atoms with Crippen molar-refractivity contribution in [2.75, 3.05) is 0 Å². The molecule has 0 aliphatic rings. The predicted molar refractivity (Wildman–Crippen MR) is 122 cm³/mol. The molecule has 0 aliphatic carbocycles. The Morgan fingerprint density at radius 1 is 0.793 bits per heavy atom. The lowest BCUT2D eigenvalue weighted by atomic mass is 9.99. The third kappa shape index (κ3) is 3.07. The van der Waals surface area contributed by atoms with Gasteiger partial charge in [-0.1, -0.05) is 84.5 Å². The highest BCUT2D eigenvalue weighted by atomic mass is 35.5. The fraction of sp³-hybridized carbons (Fsp3) is 0. The fourth-order valence-corrected chi connectivity index (χ4v) is 4.11. The zero-order valence-corrected chi connectivity index (χ0v) is 16.9. The molecule has 0 saturated heterocycles. The summed E-state index contributed by atoms with van der Waals surface area (Å²) in [4.78, 5) is 7.70. The van der Waals surface area contributed by atoms with Gasteiger partial charge in [-0.25, -0.2) is 4.98 Å². The zero-order valence-electron chi connectivity index (χ0n) is 15.3. The highest BCUT2D eigenvalue weighted by Gasteiger charge is 2.22. The summed E-state index contributed by atoms with van der Waals surface area (Å²) < 4.78 is 2.77. The Kier molecular flexibility index (Phi) is 4.51. The summed E-state index contributed by atoms with van der Waals surface area (Å²) in [6, 6.07) is 28.5. The van der Waals surface area contributed by atoms with E-state index in [4.69, 9.17) is 23.8 Å². The van der Waals surface area contributed by atoms with Crippen LogP contribution in [0.2, 0.25) is 5.02 Å². The highest BCUT2D eigenvalue weighted by molar-refractivity contribution is 7.71. The first-order chi connectivity index (χ1) is 14.2. The molecule has 0 saturated carbocycles. The lowest BCUT2D eigenvalue weighted by molar-refractivity contribution is 1.08. The van der Waals surface area contributed by atoms with Gasteiger partial charge in [-0.3, -0.25) is 4.57 Å². The number of aromatic amines is 1. The number of halogens is 1. The smallest absolute Gasteiger partial charge is 0.139 e. The number of H-pyrrole nitrogens is 1. The van der Waals surface area contributed by atoms with Crippen LogP contribution in [-0.2, 0) is 0 Å². The van der Waals surface area contributed by atoms with Crippen molar-refractivity contribution >= 4 is 34.9 Å². The van der Waals surface area contributed by atoms with Gasteiger partial charge in [-0.05, 0) is 35.4 Å². The third-order valence-electron chi connectivity index (χ3n) is 4.96. The van der Waals surface area contributed by atoms with E-state index in [1.807, 2.05) is 60.7 Å². The number of benzene rings is 3. The van der Waals surface area contributed by atoms with Crippen molar-refractivity contribution in [1.82, 2.24) is 14.5 Å². The minimum Gasteiger partial charge on any atom is -0.332 e. The minimum absolute atomic E-state index is 0.572. The van der Waals surface area contributed by atoms with E-state index >= 15 is 0 Å². The molecule has 0 aliphatic heterocycles. The molecule has 140 valence electrons. The first-order valence-electron chi connectivity index (χ1n) is 9.23. The molecule has 5 rings (SSSR count). The van der Waals surface area contributed by atoms with E-state index in [1.54, 1.807) is 6.33 Å². The molecule has 0 spiro atoms. The average Bonchev–Trinajstić information content (AvgIpc) is 3.12. The summed E-state index contributed by atoms with van der Waals surface area (Å²) in [5, 5.41) is 1.63. The second-order valence-corrected chi connectivity index (χ2v) is 7.52. The van der Waals surface area contributed by atoms with E-state index < -0.39 is 0 Å². The van der Waals surface area contributed by atoms with E-state index in [0.717, 1.165) is 39.1 Å². The maximum atomic E-state index is 6.16. The molecular weight excluding hydrogens is 398 g/mol. The topological polar surface area (TPSA) is 33.6 Å². The maximum Gasteiger partial charge on any atom is 0.139 e. The van der Waals surface area contributed by atoms with Crippen LogP contribution in [0.3, 0.4) is 0 Å². The van der Waals surface area contributed by atoms with Crippen LogP contribution in [0.1, 0.15) is 0 Å². The van der Waals surface area contributed by atoms with E-state index in [-0.39, 0.29) is 0 Å². The van der Waals surface area contributed by atoms with Crippen LogP contribution in [0, 0.1) is 4.64 Å². The number of hydrogen-bond donors (Lipinski definition) is 1. The Balaban J connectivity index is 2.00. The second-order valence-electron chi connectivity index (χ2n) is 6.70. The highest BCUT2D eigenvalue weighted by Crippen LogP contribution is 2.42. The standard InChI is InChI=1S/C24H16ClN3S/c25-18-11-13-19(14-12-18)28-22(17-9-5-2-6-10-17)20(16-7-3-1-4-8-16)21-23(28)26-15-27-24(21)29/h1-15H,(H,26,27,29). The van der Waals surface area contributed by atoms with E-state index in [2.05, 4.69) is 38.8 Å². The Labute approximate surface area is 178 Å². The van der Waals surface area contributed by atoms with Crippen LogP contribution in [0.25, 0.3) is 39.1 Å². The van der Waals surface area contributed by atoms with Gasteiger partial charge in [-0.15, -0.1) is 0 Å². The summed E-state index contributed by atoms with van der Waals surface area (Å²) in [6.45, 7) is 0. The molecule has 0 unspecified atom stereocenters. The quantitative estimate of drug-likeness (QED) is 0.321. The van der Waals surface area contributed by atoms with Crippen LogP contribution in [-0.4, -0.2) is 14.5 Å². The molecule has 29 heavy (non-hydrogen) atoms. The number of rotatable bonds is 3. The Morgan fingerprint density at radius 3 is 2.07 bits per heavy atom. The van der Waals surface area contributed by atoms with Crippen molar-refractivity contribution in [3.8, 4) is 28.1 Å². The molecule has 0 fully saturated rings. The van der Waals surface area contributed by atoms with E-state index in [1.165, 1.54) is 0 Å². The molecule has 0 bridgehead atoms. The summed E-state index contributed by atoms with van der Waals surface area (Å²) in [6.07, 6.45) is 1.65. The van der Waals surface area contributed by atoms with Gasteiger partial charge >= 0.3 is 0 Å². The maximum absolute atomic E-state index is 6.16. The molecule has 0 atom stereocenters. The second kappa shape index (κ2) is 7.32. The molecule has 2 aromatic heterocycles. The molecule has 0 radical (unpaired) electrons. The fourth-order valence-electron chi connectivity index (χ4n) is 3.74. The largest absolute Gasteiger partial charge is 0.332 e. The molecule has 3 nitrogen and oxygen atoms in total. The number of nitrogens with zero attached hydrogens (tertiary/aromatic N) is 2. The lowest BCUT2D eigenvalue weighted by Crippen LogP contribution is -1.98. The van der Waals surface area contributed by atoms with Crippen molar-refractivity contribution in [3.05, 3.63) is 101 Å². The van der Waals surface area contributed by atoms with Gasteiger partial charge in [0.05, 0.1) is 17.4 Å². The van der Waals surface area contributed by atoms with E-state index in [9.17, 15) is 0 Å². The Hall–Kier alpha value is -3.21. The van der Waals surface area contributed by atoms with Crippen LogP contribution >= 0.6 is 23.8 Å². The van der Waals surface area contributed by atoms with Crippen molar-refractivity contribution in [1.29, 1.82) is 0 Å². The lowest BCUT2D eigenvalue weighted by Gasteiger charge is -2.13. The monoisotopic (exact) mass is 413 g/mol. The van der Waals surface area contributed by atoms with Gasteiger partial charge in [0.15, 0.2) is 0 Å². The first-order valence-corrected chi connectivity index (χ1v) is 10.0. The van der Waals surface area contributed by atoms with Crippen LogP contribution in [0.5, 0.6) is 0 Å². The summed E-state index contributed by atoms with van der Waals surface area (Å²) >= 11 is 11.8. The summed E-state index contributed by atoms with van der Waals surface area (Å²) in [5.74, 6) is 0. The van der Waals surface area contributed by atoms with Gasteiger partial charge in [0, 0.05) is 16.3 Å². The normalized spacial score (nSPS) is 11.1. The average molecular weight is 414 g/mol. The van der Waals surface area contributed by atoms with Crippen LogP contribution in [0.15, 0.2) is 91.3 Å². The number of aromatic nitrogens is 3. The molecule has 5 aromatic rings. The van der Waals surface area contributed by atoms with Gasteiger partial charge in [0.25, 0.3) is 0 Å². The molecule has 2 heterocycles. The van der Waals surface area contributed by atoms with Crippen molar-refractivity contribution in [2.45, 2.75) is 0 Å². The SMILES string of the molecule is S=c1nc[nH]c2c1c(-c1ccccc1)c(-c1ccccc1)n2-c1ccc(Cl)cc1. The molecule has 3 aromatic carbocycles. The number of fused-ring (bicyclic) bond motifs is 1. The third-order valence-corrected chi connectivity index (χ3v) is 5.52. The van der Waals surface area contributed by atoms with Gasteiger partial charge in [-0.2, -0.15) is 0 Å². The minimum atomic E-state index is 0.572. The van der Waals surface area contributed by atoms with Crippen LogP contribution < -0.4 is 0 Å². The van der Waals surface area contributed by atoms with Crippen molar-refractivity contribution < 1.29 is 0 Å². The van der Waals surface area contributed by atoms with Gasteiger partial charge in [0.2, 0.25) is 0 Å². The van der Waals surface area contributed by atoms with Crippen molar-refractivity contribution in [2.24, 2.45) is 0 Å². The number of nitrogens with one attached hydrogen (secondary N) is 1.